The topological polar surface area (TPSA) is 52.9 Å². The van der Waals surface area contributed by atoms with Gasteiger partial charge in [0.15, 0.2) is 0 Å². The van der Waals surface area contributed by atoms with Crippen molar-refractivity contribution in [1.82, 2.24) is 5.32 Å². The first-order chi connectivity index (χ1) is 8.76. The van der Waals surface area contributed by atoms with Crippen molar-refractivity contribution in [3.8, 4) is 6.07 Å². The van der Waals surface area contributed by atoms with E-state index in [4.69, 9.17) is 5.26 Å². The molecule has 0 aliphatic rings. The lowest BCUT2D eigenvalue weighted by Crippen LogP contribution is -2.35. The van der Waals surface area contributed by atoms with E-state index in [0.29, 0.717) is 12.8 Å². The predicted octanol–water partition coefficient (Wildman–Crippen LogP) is 2.82. The number of amides is 1. The van der Waals surface area contributed by atoms with Crippen LogP contribution in [0.5, 0.6) is 0 Å². The SMILES string of the molecule is CCCCCC(=O)N[C@H](C#N)Cc1ccccc1. The van der Waals surface area contributed by atoms with E-state index in [1.165, 1.54) is 0 Å². The van der Waals surface area contributed by atoms with Crippen LogP contribution in [0, 0.1) is 11.3 Å². The summed E-state index contributed by atoms with van der Waals surface area (Å²) in [5.41, 5.74) is 1.07. The first kappa shape index (κ1) is 14.2. The van der Waals surface area contributed by atoms with Crippen LogP contribution in [-0.4, -0.2) is 11.9 Å². The summed E-state index contributed by atoms with van der Waals surface area (Å²) >= 11 is 0. The highest BCUT2D eigenvalue weighted by Crippen LogP contribution is 2.04. The molecule has 3 nitrogen and oxygen atoms in total. The minimum absolute atomic E-state index is 0.0223. The van der Waals surface area contributed by atoms with Crippen molar-refractivity contribution in [2.45, 2.75) is 45.1 Å². The van der Waals surface area contributed by atoms with Crippen LogP contribution in [0.15, 0.2) is 30.3 Å². The summed E-state index contributed by atoms with van der Waals surface area (Å²) in [6.07, 6.45) is 4.13. The molecule has 18 heavy (non-hydrogen) atoms. The lowest BCUT2D eigenvalue weighted by atomic mass is 10.1. The zero-order valence-corrected chi connectivity index (χ0v) is 10.9. The molecule has 0 unspecified atom stereocenters. The van der Waals surface area contributed by atoms with E-state index in [1.54, 1.807) is 0 Å². The Morgan fingerprint density at radius 1 is 1.33 bits per heavy atom. The van der Waals surface area contributed by atoms with Crippen LogP contribution >= 0.6 is 0 Å². The molecule has 0 aliphatic heterocycles. The predicted molar refractivity (Wildman–Crippen MR) is 71.8 cm³/mol. The second kappa shape index (κ2) is 8.30. The molecule has 0 saturated carbocycles. The van der Waals surface area contributed by atoms with Crippen molar-refractivity contribution in [3.63, 3.8) is 0 Å². The third-order valence-electron chi connectivity index (χ3n) is 2.78. The van der Waals surface area contributed by atoms with Crippen LogP contribution < -0.4 is 5.32 Å². The van der Waals surface area contributed by atoms with Crippen LogP contribution in [0.3, 0.4) is 0 Å². The molecular weight excluding hydrogens is 224 g/mol. The lowest BCUT2D eigenvalue weighted by molar-refractivity contribution is -0.121. The van der Waals surface area contributed by atoms with E-state index < -0.39 is 6.04 Å². The third-order valence-corrected chi connectivity index (χ3v) is 2.78. The monoisotopic (exact) mass is 244 g/mol. The van der Waals surface area contributed by atoms with Gasteiger partial charge in [-0.2, -0.15) is 5.26 Å². The molecule has 0 fully saturated rings. The molecule has 0 bridgehead atoms. The van der Waals surface area contributed by atoms with E-state index >= 15 is 0 Å². The Balaban J connectivity index is 2.38. The number of nitriles is 1. The van der Waals surface area contributed by atoms with Gasteiger partial charge in [-0.3, -0.25) is 4.79 Å². The standard InChI is InChI=1S/C15H20N2O/c1-2-3-5-10-15(18)17-14(12-16)11-13-8-6-4-7-9-13/h4,6-9,14H,2-3,5,10-11H2,1H3,(H,17,18)/t14-/m0/s1. The van der Waals surface area contributed by atoms with E-state index in [-0.39, 0.29) is 5.91 Å². The van der Waals surface area contributed by atoms with Gasteiger partial charge in [-0.25, -0.2) is 0 Å². The van der Waals surface area contributed by atoms with Crippen LogP contribution in [0.25, 0.3) is 0 Å². The first-order valence-corrected chi connectivity index (χ1v) is 6.49. The van der Waals surface area contributed by atoms with Gasteiger partial charge >= 0.3 is 0 Å². The number of hydrogen-bond donors (Lipinski definition) is 1. The van der Waals surface area contributed by atoms with Crippen molar-refractivity contribution in [3.05, 3.63) is 35.9 Å². The number of benzene rings is 1. The van der Waals surface area contributed by atoms with Crippen molar-refractivity contribution < 1.29 is 4.79 Å². The molecule has 96 valence electrons. The maximum atomic E-state index is 11.6. The van der Waals surface area contributed by atoms with Crippen molar-refractivity contribution in [1.29, 1.82) is 5.26 Å². The zero-order chi connectivity index (χ0) is 13.2. The Kier molecular flexibility index (Phi) is 6.56. The molecule has 0 aliphatic carbocycles. The smallest absolute Gasteiger partial charge is 0.221 e. The van der Waals surface area contributed by atoms with Crippen LogP contribution in [-0.2, 0) is 11.2 Å². The highest BCUT2D eigenvalue weighted by molar-refractivity contribution is 5.76. The summed E-state index contributed by atoms with van der Waals surface area (Å²) in [6, 6.07) is 11.5. The van der Waals surface area contributed by atoms with Gasteiger partial charge in [-0.1, -0.05) is 50.1 Å². The summed E-state index contributed by atoms with van der Waals surface area (Å²) in [4.78, 5) is 11.6. The molecule has 1 atom stereocenters. The highest BCUT2D eigenvalue weighted by Gasteiger charge is 2.11. The molecule has 3 heteroatoms. The number of carbonyl (C=O) groups is 1. The second-order valence-electron chi connectivity index (χ2n) is 4.40. The fourth-order valence-electron chi connectivity index (χ4n) is 1.78. The van der Waals surface area contributed by atoms with E-state index in [1.807, 2.05) is 30.3 Å². The Hall–Kier alpha value is -1.82. The molecule has 0 heterocycles. The third kappa shape index (κ3) is 5.49. The van der Waals surface area contributed by atoms with E-state index in [2.05, 4.69) is 18.3 Å². The molecular formula is C15H20N2O. The fourth-order valence-corrected chi connectivity index (χ4v) is 1.78. The number of carbonyl (C=O) groups excluding carboxylic acids is 1. The van der Waals surface area contributed by atoms with Crippen molar-refractivity contribution in [2.75, 3.05) is 0 Å². The van der Waals surface area contributed by atoms with Gasteiger partial charge in [0.05, 0.1) is 6.07 Å². The average Bonchev–Trinajstić information content (AvgIpc) is 2.39. The Bertz CT molecular complexity index is 395. The summed E-state index contributed by atoms with van der Waals surface area (Å²) in [5, 5.41) is 11.8. The van der Waals surface area contributed by atoms with Gasteiger partial charge in [0.2, 0.25) is 5.91 Å². The van der Waals surface area contributed by atoms with Gasteiger partial charge < -0.3 is 5.32 Å². The number of hydrogen-bond acceptors (Lipinski definition) is 2. The van der Waals surface area contributed by atoms with Crippen LogP contribution in [0.4, 0.5) is 0 Å². The van der Waals surface area contributed by atoms with E-state index in [9.17, 15) is 4.79 Å². The summed E-state index contributed by atoms with van der Waals surface area (Å²) in [6.45, 7) is 2.10. The van der Waals surface area contributed by atoms with Gasteiger partial charge in [0, 0.05) is 12.8 Å². The molecule has 1 aromatic carbocycles. The number of rotatable bonds is 7. The summed E-state index contributed by atoms with van der Waals surface area (Å²) in [7, 11) is 0. The molecule has 1 aromatic rings. The largest absolute Gasteiger partial charge is 0.340 e. The Morgan fingerprint density at radius 3 is 2.67 bits per heavy atom. The maximum Gasteiger partial charge on any atom is 0.221 e. The van der Waals surface area contributed by atoms with Crippen LogP contribution in [0.1, 0.15) is 38.2 Å². The minimum Gasteiger partial charge on any atom is -0.340 e. The van der Waals surface area contributed by atoms with Gasteiger partial charge in [-0.15, -0.1) is 0 Å². The van der Waals surface area contributed by atoms with Crippen molar-refractivity contribution in [2.24, 2.45) is 0 Å². The van der Waals surface area contributed by atoms with Crippen LogP contribution in [0.2, 0.25) is 0 Å². The van der Waals surface area contributed by atoms with E-state index in [0.717, 1.165) is 24.8 Å². The number of nitrogens with zero attached hydrogens (tertiary/aromatic N) is 1. The molecule has 1 rings (SSSR count). The Labute approximate surface area is 109 Å². The van der Waals surface area contributed by atoms with Gasteiger partial charge in [0.1, 0.15) is 6.04 Å². The fraction of sp³-hybridized carbons (Fsp3) is 0.467. The van der Waals surface area contributed by atoms with Gasteiger partial charge in [0.25, 0.3) is 0 Å². The first-order valence-electron chi connectivity index (χ1n) is 6.49. The average molecular weight is 244 g/mol. The molecule has 0 spiro atoms. The highest BCUT2D eigenvalue weighted by atomic mass is 16.1. The quantitative estimate of drug-likeness (QED) is 0.750. The molecule has 0 aromatic heterocycles. The molecule has 1 N–H and O–H groups in total. The maximum absolute atomic E-state index is 11.6. The number of unbranched alkanes of at least 4 members (excludes halogenated alkanes) is 2. The molecule has 0 saturated heterocycles. The lowest BCUT2D eigenvalue weighted by Gasteiger charge is -2.11. The number of nitrogens with one attached hydrogen (secondary N) is 1. The normalized spacial score (nSPS) is 11.6. The zero-order valence-electron chi connectivity index (χ0n) is 10.9. The van der Waals surface area contributed by atoms with Gasteiger partial charge in [-0.05, 0) is 12.0 Å². The molecule has 0 radical (unpaired) electrons. The second-order valence-corrected chi connectivity index (χ2v) is 4.40. The molecule has 1 amide bonds. The summed E-state index contributed by atoms with van der Waals surface area (Å²) < 4.78 is 0. The Morgan fingerprint density at radius 2 is 2.06 bits per heavy atom. The minimum atomic E-state index is -0.429. The summed E-state index contributed by atoms with van der Waals surface area (Å²) in [5.74, 6) is -0.0223. The van der Waals surface area contributed by atoms with Crippen molar-refractivity contribution >= 4 is 5.91 Å².